The van der Waals surface area contributed by atoms with Crippen LogP contribution < -0.4 is 5.56 Å². The average Bonchev–Trinajstić information content (AvgIpc) is 2.51. The molecule has 0 amide bonds. The second-order valence-corrected chi connectivity index (χ2v) is 4.53. The number of hydrogen-bond acceptors (Lipinski definition) is 2. The summed E-state index contributed by atoms with van der Waals surface area (Å²) in [5.41, 5.74) is 1.85. The summed E-state index contributed by atoms with van der Waals surface area (Å²) in [7, 11) is 0. The zero-order valence-corrected chi connectivity index (χ0v) is 10.9. The van der Waals surface area contributed by atoms with Gasteiger partial charge in [-0.15, -0.1) is 0 Å². The number of nitrogens with zero attached hydrogens (tertiary/aromatic N) is 2. The molecule has 0 radical (unpaired) electrons. The van der Waals surface area contributed by atoms with Gasteiger partial charge in [-0.25, -0.2) is 4.98 Å². The summed E-state index contributed by atoms with van der Waals surface area (Å²) >= 11 is 0. The van der Waals surface area contributed by atoms with Crippen LogP contribution >= 0.6 is 0 Å². The fraction of sp³-hybridized carbons (Fsp3) is 0.0588. The molecule has 0 aliphatic heterocycles. The molecule has 0 saturated carbocycles. The van der Waals surface area contributed by atoms with Crippen molar-refractivity contribution in [2.75, 3.05) is 0 Å². The van der Waals surface area contributed by atoms with Gasteiger partial charge in [-0.1, -0.05) is 54.6 Å². The van der Waals surface area contributed by atoms with Gasteiger partial charge >= 0.3 is 0 Å². The Balaban J connectivity index is 1.87. The number of allylic oxidation sites excluding steroid dienone is 1. The predicted molar refractivity (Wildman–Crippen MR) is 81.5 cm³/mol. The van der Waals surface area contributed by atoms with Gasteiger partial charge < -0.3 is 0 Å². The largest absolute Gasteiger partial charge is 0.295 e. The smallest absolute Gasteiger partial charge is 0.261 e. The third-order valence-electron chi connectivity index (χ3n) is 3.14. The normalized spacial score (nSPS) is 11.2. The number of para-hydroxylation sites is 1. The maximum atomic E-state index is 12.3. The van der Waals surface area contributed by atoms with Crippen molar-refractivity contribution in [2.45, 2.75) is 6.54 Å². The van der Waals surface area contributed by atoms with Crippen molar-refractivity contribution in [1.29, 1.82) is 0 Å². The Morgan fingerprint density at radius 3 is 2.60 bits per heavy atom. The molecule has 3 aromatic rings. The first kappa shape index (κ1) is 12.4. The summed E-state index contributed by atoms with van der Waals surface area (Å²) in [5.74, 6) is 0. The van der Waals surface area contributed by atoms with E-state index in [1.807, 2.05) is 66.7 Å². The van der Waals surface area contributed by atoms with Crippen molar-refractivity contribution < 1.29 is 0 Å². The van der Waals surface area contributed by atoms with Gasteiger partial charge in [0.2, 0.25) is 0 Å². The minimum atomic E-state index is -0.00619. The molecule has 0 bridgehead atoms. The van der Waals surface area contributed by atoms with E-state index in [2.05, 4.69) is 4.98 Å². The molecule has 1 heterocycles. The molecule has 3 rings (SSSR count). The lowest BCUT2D eigenvalue weighted by atomic mass is 10.2. The Morgan fingerprint density at radius 2 is 1.75 bits per heavy atom. The quantitative estimate of drug-likeness (QED) is 0.727. The monoisotopic (exact) mass is 262 g/mol. The molecule has 3 heteroatoms. The molecule has 0 N–H and O–H groups in total. The van der Waals surface area contributed by atoms with Crippen molar-refractivity contribution in [1.82, 2.24) is 9.55 Å². The van der Waals surface area contributed by atoms with Crippen molar-refractivity contribution in [3.8, 4) is 0 Å². The number of fused-ring (bicyclic) bond motifs is 1. The van der Waals surface area contributed by atoms with E-state index < -0.39 is 0 Å². The number of rotatable bonds is 3. The molecule has 0 spiro atoms. The van der Waals surface area contributed by atoms with E-state index in [9.17, 15) is 4.79 Å². The Labute approximate surface area is 116 Å². The third kappa shape index (κ3) is 2.52. The van der Waals surface area contributed by atoms with E-state index in [1.54, 1.807) is 10.9 Å². The first-order chi connectivity index (χ1) is 9.84. The molecule has 0 saturated heterocycles. The van der Waals surface area contributed by atoms with Crippen LogP contribution in [0.3, 0.4) is 0 Å². The second kappa shape index (κ2) is 5.53. The van der Waals surface area contributed by atoms with Crippen LogP contribution in [-0.2, 0) is 6.54 Å². The second-order valence-electron chi connectivity index (χ2n) is 4.53. The lowest BCUT2D eigenvalue weighted by Crippen LogP contribution is -2.19. The van der Waals surface area contributed by atoms with Gasteiger partial charge in [-0.3, -0.25) is 9.36 Å². The highest BCUT2D eigenvalue weighted by atomic mass is 16.1. The summed E-state index contributed by atoms with van der Waals surface area (Å²) in [5, 5.41) is 0.656. The van der Waals surface area contributed by atoms with Gasteiger partial charge in [0.25, 0.3) is 5.56 Å². The molecular weight excluding hydrogens is 248 g/mol. The molecular formula is C17H14N2O. The Morgan fingerprint density at radius 1 is 1.00 bits per heavy atom. The van der Waals surface area contributed by atoms with Crippen LogP contribution in [0, 0.1) is 0 Å². The number of hydrogen-bond donors (Lipinski definition) is 0. The highest BCUT2D eigenvalue weighted by Crippen LogP contribution is 2.05. The Kier molecular flexibility index (Phi) is 3.42. The fourth-order valence-electron chi connectivity index (χ4n) is 2.10. The fourth-order valence-corrected chi connectivity index (χ4v) is 2.10. The minimum Gasteiger partial charge on any atom is -0.295 e. The SMILES string of the molecule is O=c1c2ccccc2ncn1C/C=C/c1ccccc1. The van der Waals surface area contributed by atoms with Crippen molar-refractivity contribution in [2.24, 2.45) is 0 Å². The molecule has 20 heavy (non-hydrogen) atoms. The van der Waals surface area contributed by atoms with Gasteiger partial charge in [-0.2, -0.15) is 0 Å². The zero-order chi connectivity index (χ0) is 13.8. The Bertz CT molecular complexity index is 804. The van der Waals surface area contributed by atoms with Gasteiger partial charge in [0, 0.05) is 6.54 Å². The summed E-state index contributed by atoms with van der Waals surface area (Å²) in [6.45, 7) is 0.519. The van der Waals surface area contributed by atoms with E-state index in [1.165, 1.54) is 0 Å². The van der Waals surface area contributed by atoms with Crippen LogP contribution in [0.25, 0.3) is 17.0 Å². The van der Waals surface area contributed by atoms with E-state index >= 15 is 0 Å². The topological polar surface area (TPSA) is 34.9 Å². The molecule has 98 valence electrons. The van der Waals surface area contributed by atoms with Gasteiger partial charge in [-0.05, 0) is 17.7 Å². The molecule has 0 fully saturated rings. The maximum absolute atomic E-state index is 12.3. The van der Waals surface area contributed by atoms with Crippen LogP contribution in [0.15, 0.2) is 71.8 Å². The summed E-state index contributed by atoms with van der Waals surface area (Å²) in [4.78, 5) is 16.6. The lowest BCUT2D eigenvalue weighted by molar-refractivity contribution is 0.769. The van der Waals surface area contributed by atoms with Crippen LogP contribution in [-0.4, -0.2) is 9.55 Å². The van der Waals surface area contributed by atoms with E-state index in [4.69, 9.17) is 0 Å². The molecule has 0 aliphatic rings. The molecule has 3 nitrogen and oxygen atoms in total. The number of aromatic nitrogens is 2. The maximum Gasteiger partial charge on any atom is 0.261 e. The van der Waals surface area contributed by atoms with Crippen molar-refractivity contribution >= 4 is 17.0 Å². The van der Waals surface area contributed by atoms with Crippen molar-refractivity contribution in [3.05, 3.63) is 82.9 Å². The van der Waals surface area contributed by atoms with Crippen LogP contribution in [0.1, 0.15) is 5.56 Å². The van der Waals surface area contributed by atoms with E-state index in [0.29, 0.717) is 11.9 Å². The first-order valence-corrected chi connectivity index (χ1v) is 6.50. The standard InChI is InChI=1S/C17H14N2O/c20-17-15-10-4-5-11-16(15)18-13-19(17)12-6-9-14-7-2-1-3-8-14/h1-11,13H,12H2/b9-6+. The Hall–Kier alpha value is -2.68. The summed E-state index contributed by atoms with van der Waals surface area (Å²) in [6.07, 6.45) is 5.56. The lowest BCUT2D eigenvalue weighted by Gasteiger charge is -2.03. The molecule has 0 aliphatic carbocycles. The predicted octanol–water partition coefficient (Wildman–Crippen LogP) is 3.11. The molecule has 1 aromatic heterocycles. The minimum absolute atomic E-state index is 0.00619. The highest BCUT2D eigenvalue weighted by molar-refractivity contribution is 5.76. The van der Waals surface area contributed by atoms with Crippen LogP contribution in [0.5, 0.6) is 0 Å². The summed E-state index contributed by atoms with van der Waals surface area (Å²) < 4.78 is 1.61. The molecule has 2 aromatic carbocycles. The van der Waals surface area contributed by atoms with Gasteiger partial charge in [0.05, 0.1) is 17.2 Å². The van der Waals surface area contributed by atoms with Crippen LogP contribution in [0.4, 0.5) is 0 Å². The van der Waals surface area contributed by atoms with Crippen LogP contribution in [0.2, 0.25) is 0 Å². The zero-order valence-electron chi connectivity index (χ0n) is 10.9. The molecule has 0 atom stereocenters. The summed E-state index contributed by atoms with van der Waals surface area (Å²) in [6, 6.07) is 17.4. The van der Waals surface area contributed by atoms with E-state index in [-0.39, 0.29) is 5.56 Å². The van der Waals surface area contributed by atoms with Crippen molar-refractivity contribution in [3.63, 3.8) is 0 Å². The van der Waals surface area contributed by atoms with E-state index in [0.717, 1.165) is 11.1 Å². The third-order valence-corrected chi connectivity index (χ3v) is 3.14. The molecule has 0 unspecified atom stereocenters. The average molecular weight is 262 g/mol. The number of benzene rings is 2. The highest BCUT2D eigenvalue weighted by Gasteiger charge is 2.01. The van der Waals surface area contributed by atoms with Gasteiger partial charge in [0.1, 0.15) is 0 Å². The van der Waals surface area contributed by atoms with Gasteiger partial charge in [0.15, 0.2) is 0 Å². The first-order valence-electron chi connectivity index (χ1n) is 6.50.